The molecule has 112 valence electrons. The standard InChI is InChI=1S/C12H12N2O6S/c1-20-12(17)8-4-2-3-5-9(8)21(18,19)14-6-10(15)13-11(16)7-14/h2-5H,6-7H2,1H3,(H,13,15,16). The first kappa shape index (κ1) is 15.1. The number of hydrogen-bond acceptors (Lipinski definition) is 6. The van der Waals surface area contributed by atoms with Crippen LogP contribution in [0.5, 0.6) is 0 Å². The van der Waals surface area contributed by atoms with Crippen LogP contribution in [0.25, 0.3) is 0 Å². The number of carbonyl (C=O) groups excluding carboxylic acids is 3. The smallest absolute Gasteiger partial charge is 0.339 e. The summed E-state index contributed by atoms with van der Waals surface area (Å²) in [7, 11) is -3.03. The fraction of sp³-hybridized carbons (Fsp3) is 0.250. The van der Waals surface area contributed by atoms with Gasteiger partial charge in [-0.05, 0) is 12.1 Å². The first-order valence-corrected chi connectivity index (χ1v) is 7.30. The van der Waals surface area contributed by atoms with Crippen molar-refractivity contribution >= 4 is 27.8 Å². The Morgan fingerprint density at radius 1 is 1.19 bits per heavy atom. The lowest BCUT2D eigenvalue weighted by Gasteiger charge is -2.25. The van der Waals surface area contributed by atoms with Gasteiger partial charge < -0.3 is 4.74 Å². The van der Waals surface area contributed by atoms with Crippen molar-refractivity contribution in [3.05, 3.63) is 29.8 Å². The molecule has 8 nitrogen and oxygen atoms in total. The highest BCUT2D eigenvalue weighted by molar-refractivity contribution is 7.89. The van der Waals surface area contributed by atoms with E-state index >= 15 is 0 Å². The summed E-state index contributed by atoms with van der Waals surface area (Å²) in [6.45, 7) is -0.965. The number of imide groups is 1. The van der Waals surface area contributed by atoms with Crippen molar-refractivity contribution in [1.82, 2.24) is 9.62 Å². The lowest BCUT2D eigenvalue weighted by atomic mass is 10.2. The van der Waals surface area contributed by atoms with Crippen LogP contribution < -0.4 is 5.32 Å². The van der Waals surface area contributed by atoms with E-state index in [-0.39, 0.29) is 10.5 Å². The molecule has 1 aromatic carbocycles. The molecule has 0 unspecified atom stereocenters. The van der Waals surface area contributed by atoms with Crippen LogP contribution >= 0.6 is 0 Å². The average Bonchev–Trinajstić information content (AvgIpc) is 2.45. The zero-order chi connectivity index (χ0) is 15.6. The Hall–Kier alpha value is -2.26. The van der Waals surface area contributed by atoms with Crippen molar-refractivity contribution < 1.29 is 27.5 Å². The third-order valence-corrected chi connectivity index (χ3v) is 4.68. The van der Waals surface area contributed by atoms with Crippen LogP contribution in [-0.4, -0.2) is 50.7 Å². The number of ether oxygens (including phenoxy) is 1. The molecular formula is C12H12N2O6S. The average molecular weight is 312 g/mol. The van der Waals surface area contributed by atoms with E-state index in [4.69, 9.17) is 0 Å². The van der Waals surface area contributed by atoms with Crippen LogP contribution in [-0.2, 0) is 24.3 Å². The summed E-state index contributed by atoms with van der Waals surface area (Å²) in [6.07, 6.45) is 0. The maximum absolute atomic E-state index is 12.5. The monoisotopic (exact) mass is 312 g/mol. The minimum Gasteiger partial charge on any atom is -0.465 e. The highest BCUT2D eigenvalue weighted by Gasteiger charge is 2.35. The topological polar surface area (TPSA) is 110 Å². The van der Waals surface area contributed by atoms with Crippen molar-refractivity contribution in [1.29, 1.82) is 0 Å². The number of nitrogens with zero attached hydrogens (tertiary/aromatic N) is 1. The fourth-order valence-electron chi connectivity index (χ4n) is 1.89. The van der Waals surface area contributed by atoms with Gasteiger partial charge in [0.05, 0.1) is 30.7 Å². The van der Waals surface area contributed by atoms with Gasteiger partial charge in [0.25, 0.3) is 0 Å². The molecule has 2 amide bonds. The summed E-state index contributed by atoms with van der Waals surface area (Å²) in [5.41, 5.74) is -0.154. The lowest BCUT2D eigenvalue weighted by Crippen LogP contribution is -2.53. The molecule has 0 radical (unpaired) electrons. The molecule has 1 heterocycles. The highest BCUT2D eigenvalue weighted by Crippen LogP contribution is 2.21. The summed E-state index contributed by atoms with van der Waals surface area (Å²) in [4.78, 5) is 33.9. The van der Waals surface area contributed by atoms with E-state index in [0.717, 1.165) is 11.4 Å². The summed E-state index contributed by atoms with van der Waals surface area (Å²) >= 11 is 0. The summed E-state index contributed by atoms with van der Waals surface area (Å²) in [5, 5.41) is 2.01. The van der Waals surface area contributed by atoms with Gasteiger partial charge in [-0.15, -0.1) is 0 Å². The molecular weight excluding hydrogens is 300 g/mol. The molecule has 1 fully saturated rings. The Bertz CT molecular complexity index is 696. The molecule has 0 aliphatic carbocycles. The predicted molar refractivity (Wildman–Crippen MR) is 69.7 cm³/mol. The first-order chi connectivity index (χ1) is 9.86. The van der Waals surface area contributed by atoms with E-state index < -0.39 is 40.9 Å². The predicted octanol–water partition coefficient (Wildman–Crippen LogP) is -0.880. The second-order valence-corrected chi connectivity index (χ2v) is 6.14. The molecule has 1 aliphatic rings. The summed E-state index contributed by atoms with van der Waals surface area (Å²) in [6, 6.07) is 5.44. The first-order valence-electron chi connectivity index (χ1n) is 5.86. The largest absolute Gasteiger partial charge is 0.465 e. The van der Waals surface area contributed by atoms with E-state index in [0.29, 0.717) is 0 Å². The molecule has 0 bridgehead atoms. The van der Waals surface area contributed by atoms with E-state index in [1.807, 2.05) is 5.32 Å². The Kier molecular flexibility index (Phi) is 4.05. The summed E-state index contributed by atoms with van der Waals surface area (Å²) in [5.74, 6) is -2.25. The van der Waals surface area contributed by atoms with Crippen LogP contribution in [0.2, 0.25) is 0 Å². The maximum Gasteiger partial charge on any atom is 0.339 e. The number of amides is 2. The fourth-order valence-corrected chi connectivity index (χ4v) is 3.42. The number of carbonyl (C=O) groups is 3. The van der Waals surface area contributed by atoms with Gasteiger partial charge in [-0.3, -0.25) is 14.9 Å². The highest BCUT2D eigenvalue weighted by atomic mass is 32.2. The van der Waals surface area contributed by atoms with Crippen molar-refractivity contribution in [3.8, 4) is 0 Å². The third-order valence-electron chi connectivity index (χ3n) is 2.83. The number of methoxy groups -OCH3 is 1. The Morgan fingerprint density at radius 3 is 2.33 bits per heavy atom. The second-order valence-electron chi connectivity index (χ2n) is 4.23. The van der Waals surface area contributed by atoms with Crippen LogP contribution in [0, 0.1) is 0 Å². The van der Waals surface area contributed by atoms with Crippen molar-refractivity contribution in [2.24, 2.45) is 0 Å². The van der Waals surface area contributed by atoms with Gasteiger partial charge in [-0.2, -0.15) is 4.31 Å². The molecule has 1 aromatic rings. The number of piperazine rings is 1. The van der Waals surface area contributed by atoms with Crippen LogP contribution in [0.15, 0.2) is 29.2 Å². The van der Waals surface area contributed by atoms with Crippen molar-refractivity contribution in [2.45, 2.75) is 4.90 Å². The third kappa shape index (κ3) is 2.93. The SMILES string of the molecule is COC(=O)c1ccccc1S(=O)(=O)N1CC(=O)NC(=O)C1. The van der Waals surface area contributed by atoms with E-state index in [2.05, 4.69) is 4.74 Å². The molecule has 2 rings (SSSR count). The van der Waals surface area contributed by atoms with Gasteiger partial charge in [0.2, 0.25) is 21.8 Å². The molecule has 0 saturated carbocycles. The minimum atomic E-state index is -4.16. The van der Waals surface area contributed by atoms with Gasteiger partial charge in [0.15, 0.2) is 0 Å². The zero-order valence-electron chi connectivity index (χ0n) is 11.0. The normalized spacial score (nSPS) is 16.4. The molecule has 9 heteroatoms. The number of hydrogen-bond donors (Lipinski definition) is 1. The number of nitrogens with one attached hydrogen (secondary N) is 1. The maximum atomic E-state index is 12.5. The Balaban J connectivity index is 2.47. The summed E-state index contributed by atoms with van der Waals surface area (Å²) < 4.78 is 30.3. The van der Waals surface area contributed by atoms with E-state index in [1.54, 1.807) is 0 Å². The molecule has 0 aromatic heterocycles. The number of sulfonamides is 1. The number of esters is 1. The van der Waals surface area contributed by atoms with Gasteiger partial charge >= 0.3 is 5.97 Å². The van der Waals surface area contributed by atoms with Crippen molar-refractivity contribution in [3.63, 3.8) is 0 Å². The zero-order valence-corrected chi connectivity index (χ0v) is 11.8. The molecule has 21 heavy (non-hydrogen) atoms. The minimum absolute atomic E-state index is 0.154. The molecule has 1 N–H and O–H groups in total. The number of benzene rings is 1. The van der Waals surface area contributed by atoms with Crippen LogP contribution in [0.4, 0.5) is 0 Å². The number of rotatable bonds is 3. The Morgan fingerprint density at radius 2 is 1.76 bits per heavy atom. The van der Waals surface area contributed by atoms with Crippen LogP contribution in [0.3, 0.4) is 0 Å². The molecule has 1 aliphatic heterocycles. The van der Waals surface area contributed by atoms with Gasteiger partial charge in [-0.25, -0.2) is 13.2 Å². The van der Waals surface area contributed by atoms with Gasteiger partial charge in [-0.1, -0.05) is 12.1 Å². The van der Waals surface area contributed by atoms with Crippen molar-refractivity contribution in [2.75, 3.05) is 20.2 Å². The molecule has 0 atom stereocenters. The van der Waals surface area contributed by atoms with Gasteiger partial charge in [0, 0.05) is 0 Å². The van der Waals surface area contributed by atoms with Crippen LogP contribution in [0.1, 0.15) is 10.4 Å². The van der Waals surface area contributed by atoms with E-state index in [9.17, 15) is 22.8 Å². The molecule has 1 saturated heterocycles. The van der Waals surface area contributed by atoms with Gasteiger partial charge in [0.1, 0.15) is 0 Å². The Labute approximate surface area is 120 Å². The van der Waals surface area contributed by atoms with E-state index in [1.165, 1.54) is 24.3 Å². The second kappa shape index (κ2) is 5.62. The quantitative estimate of drug-likeness (QED) is 0.573. The molecule has 0 spiro atoms. The lowest BCUT2D eigenvalue weighted by molar-refractivity contribution is -0.134.